The quantitative estimate of drug-likeness (QED) is 0.658. The van der Waals surface area contributed by atoms with Crippen LogP contribution in [0.5, 0.6) is 5.75 Å². The van der Waals surface area contributed by atoms with Crippen LogP contribution in [-0.2, 0) is 6.42 Å². The molecule has 0 aromatic heterocycles. The monoisotopic (exact) mass is 310 g/mol. The van der Waals surface area contributed by atoms with Crippen LogP contribution < -0.4 is 4.74 Å². The third kappa shape index (κ3) is 3.56. The molecule has 0 N–H and O–H groups in total. The molecule has 0 aliphatic carbocycles. The topological polar surface area (TPSA) is 9.23 Å². The molecule has 2 aromatic rings. The zero-order chi connectivity index (χ0) is 15.4. The standard InChI is InChI=1S/C20H22OS/c1-15-11-12-18-8-6-7-17(13-21-20(18)16(15)2)14-22-19-9-4-3-5-10-19/h3-5,9-12,14H,6-8,13H2,1-2H3/b17-14+. The van der Waals surface area contributed by atoms with E-state index in [2.05, 4.69) is 61.7 Å². The van der Waals surface area contributed by atoms with Gasteiger partial charge in [0.1, 0.15) is 12.4 Å². The molecule has 0 atom stereocenters. The molecule has 3 rings (SSSR count). The molecule has 22 heavy (non-hydrogen) atoms. The highest BCUT2D eigenvalue weighted by Gasteiger charge is 2.13. The lowest BCUT2D eigenvalue weighted by Crippen LogP contribution is -2.09. The van der Waals surface area contributed by atoms with E-state index in [1.165, 1.54) is 33.6 Å². The summed E-state index contributed by atoms with van der Waals surface area (Å²) in [4.78, 5) is 1.28. The maximum Gasteiger partial charge on any atom is 0.126 e. The van der Waals surface area contributed by atoms with Gasteiger partial charge in [0.25, 0.3) is 0 Å². The fourth-order valence-corrected chi connectivity index (χ4v) is 3.53. The number of thioether (sulfide) groups is 1. The molecule has 1 heterocycles. The van der Waals surface area contributed by atoms with Crippen molar-refractivity contribution >= 4 is 11.8 Å². The average Bonchev–Trinajstić information content (AvgIpc) is 2.52. The largest absolute Gasteiger partial charge is 0.489 e. The third-order valence-corrected chi connectivity index (χ3v) is 5.20. The van der Waals surface area contributed by atoms with Gasteiger partial charge in [-0.1, -0.05) is 42.1 Å². The Morgan fingerprint density at radius 3 is 2.64 bits per heavy atom. The van der Waals surface area contributed by atoms with Gasteiger partial charge in [-0.2, -0.15) is 0 Å². The van der Waals surface area contributed by atoms with E-state index in [9.17, 15) is 0 Å². The van der Waals surface area contributed by atoms with Crippen molar-refractivity contribution in [1.82, 2.24) is 0 Å². The molecular weight excluding hydrogens is 288 g/mol. The van der Waals surface area contributed by atoms with E-state index >= 15 is 0 Å². The van der Waals surface area contributed by atoms with E-state index in [0.29, 0.717) is 6.61 Å². The van der Waals surface area contributed by atoms with Gasteiger partial charge < -0.3 is 4.74 Å². The van der Waals surface area contributed by atoms with Crippen LogP contribution in [0.3, 0.4) is 0 Å². The Kier molecular flexibility index (Phi) is 4.89. The normalized spacial score (nSPS) is 16.5. The maximum atomic E-state index is 6.16. The van der Waals surface area contributed by atoms with Crippen LogP contribution in [0.15, 0.2) is 58.3 Å². The second-order valence-corrected chi connectivity index (χ2v) is 6.79. The number of hydrogen-bond donors (Lipinski definition) is 0. The van der Waals surface area contributed by atoms with Crippen molar-refractivity contribution in [2.45, 2.75) is 38.0 Å². The molecule has 0 unspecified atom stereocenters. The molecule has 2 aromatic carbocycles. The Morgan fingerprint density at radius 2 is 1.82 bits per heavy atom. The van der Waals surface area contributed by atoms with E-state index in [1.807, 2.05) is 0 Å². The van der Waals surface area contributed by atoms with Gasteiger partial charge in [0.05, 0.1) is 0 Å². The van der Waals surface area contributed by atoms with Crippen molar-refractivity contribution < 1.29 is 4.74 Å². The fourth-order valence-electron chi connectivity index (χ4n) is 2.73. The highest BCUT2D eigenvalue weighted by atomic mass is 32.2. The first kappa shape index (κ1) is 15.2. The minimum absolute atomic E-state index is 0.705. The lowest BCUT2D eigenvalue weighted by Gasteiger charge is -2.20. The molecule has 0 fully saturated rings. The van der Waals surface area contributed by atoms with E-state index in [-0.39, 0.29) is 0 Å². The number of benzene rings is 2. The summed E-state index contributed by atoms with van der Waals surface area (Å²) >= 11 is 1.79. The lowest BCUT2D eigenvalue weighted by atomic mass is 9.98. The van der Waals surface area contributed by atoms with Gasteiger partial charge in [0.2, 0.25) is 0 Å². The van der Waals surface area contributed by atoms with Crippen molar-refractivity contribution in [3.05, 3.63) is 70.1 Å². The highest BCUT2D eigenvalue weighted by molar-refractivity contribution is 8.02. The third-order valence-electron chi connectivity index (χ3n) is 4.21. The van der Waals surface area contributed by atoms with Gasteiger partial charge in [-0.05, 0) is 72.9 Å². The molecule has 1 aliphatic rings. The van der Waals surface area contributed by atoms with Crippen molar-refractivity contribution in [2.24, 2.45) is 0 Å². The predicted molar refractivity (Wildman–Crippen MR) is 94.7 cm³/mol. The molecule has 2 heteroatoms. The van der Waals surface area contributed by atoms with E-state index < -0.39 is 0 Å². The molecule has 0 amide bonds. The molecule has 1 aliphatic heterocycles. The van der Waals surface area contributed by atoms with Crippen LogP contribution in [0.2, 0.25) is 0 Å². The van der Waals surface area contributed by atoms with Gasteiger partial charge in [-0.25, -0.2) is 0 Å². The zero-order valence-corrected chi connectivity index (χ0v) is 14.1. The van der Waals surface area contributed by atoms with Gasteiger partial charge >= 0.3 is 0 Å². The summed E-state index contributed by atoms with van der Waals surface area (Å²) in [6.07, 6.45) is 3.41. The summed E-state index contributed by atoms with van der Waals surface area (Å²) in [6, 6.07) is 14.9. The molecule has 0 bridgehead atoms. The zero-order valence-electron chi connectivity index (χ0n) is 13.3. The molecule has 1 nitrogen and oxygen atoms in total. The Bertz CT molecular complexity index is 674. The van der Waals surface area contributed by atoms with Crippen molar-refractivity contribution in [3.8, 4) is 5.75 Å². The van der Waals surface area contributed by atoms with E-state index in [0.717, 1.165) is 18.6 Å². The summed E-state index contributed by atoms with van der Waals surface area (Å²) in [7, 11) is 0. The van der Waals surface area contributed by atoms with Gasteiger partial charge in [0.15, 0.2) is 0 Å². The fraction of sp³-hybridized carbons (Fsp3) is 0.300. The van der Waals surface area contributed by atoms with Crippen LogP contribution in [0.4, 0.5) is 0 Å². The number of aryl methyl sites for hydroxylation is 2. The molecule has 0 spiro atoms. The number of rotatable bonds is 2. The molecule has 0 saturated heterocycles. The number of ether oxygens (including phenoxy) is 1. The predicted octanol–water partition coefficient (Wildman–Crippen LogP) is 5.69. The van der Waals surface area contributed by atoms with Crippen molar-refractivity contribution in [2.75, 3.05) is 6.61 Å². The average molecular weight is 310 g/mol. The van der Waals surface area contributed by atoms with Crippen LogP contribution in [0.1, 0.15) is 29.5 Å². The smallest absolute Gasteiger partial charge is 0.126 e. The summed E-state index contributed by atoms with van der Waals surface area (Å²) < 4.78 is 6.16. The van der Waals surface area contributed by atoms with E-state index in [1.54, 1.807) is 11.8 Å². The van der Waals surface area contributed by atoms with Gasteiger partial charge in [-0.15, -0.1) is 0 Å². The van der Waals surface area contributed by atoms with E-state index in [4.69, 9.17) is 4.74 Å². The summed E-state index contributed by atoms with van der Waals surface area (Å²) in [5.41, 5.74) is 5.34. The minimum Gasteiger partial charge on any atom is -0.489 e. The Labute approximate surface area is 137 Å². The molecular formula is C20H22OS. The first-order valence-electron chi connectivity index (χ1n) is 7.85. The Balaban J connectivity index is 1.74. The number of hydrogen-bond acceptors (Lipinski definition) is 2. The Hall–Kier alpha value is -1.67. The summed E-state index contributed by atoms with van der Waals surface area (Å²) in [6.45, 7) is 5.02. The molecule has 0 saturated carbocycles. The van der Waals surface area contributed by atoms with Crippen LogP contribution in [0, 0.1) is 13.8 Å². The van der Waals surface area contributed by atoms with Crippen molar-refractivity contribution in [3.63, 3.8) is 0 Å². The maximum absolute atomic E-state index is 6.16. The van der Waals surface area contributed by atoms with Crippen LogP contribution in [0.25, 0.3) is 0 Å². The Morgan fingerprint density at radius 1 is 1.00 bits per heavy atom. The molecule has 114 valence electrons. The number of fused-ring (bicyclic) bond motifs is 1. The highest BCUT2D eigenvalue weighted by Crippen LogP contribution is 2.31. The minimum atomic E-state index is 0.705. The SMILES string of the molecule is Cc1ccc2c(c1C)OC/C(=C/Sc1ccccc1)CCC2. The van der Waals surface area contributed by atoms with Gasteiger partial charge in [-0.3, -0.25) is 0 Å². The summed E-state index contributed by atoms with van der Waals surface area (Å²) in [5.74, 6) is 1.11. The second-order valence-electron chi connectivity index (χ2n) is 5.84. The lowest BCUT2D eigenvalue weighted by molar-refractivity contribution is 0.334. The summed E-state index contributed by atoms with van der Waals surface area (Å²) in [5, 5.41) is 2.27. The molecule has 0 radical (unpaired) electrons. The van der Waals surface area contributed by atoms with Crippen molar-refractivity contribution in [1.29, 1.82) is 0 Å². The van der Waals surface area contributed by atoms with Crippen LogP contribution >= 0.6 is 11.8 Å². The first-order valence-corrected chi connectivity index (χ1v) is 8.73. The second kappa shape index (κ2) is 7.06. The first-order chi connectivity index (χ1) is 10.7. The van der Waals surface area contributed by atoms with Gasteiger partial charge in [0, 0.05) is 4.90 Å². The van der Waals surface area contributed by atoms with Crippen LogP contribution in [-0.4, -0.2) is 6.61 Å².